The zero-order valence-electron chi connectivity index (χ0n) is 16.0. The Morgan fingerprint density at radius 2 is 1.70 bits per heavy atom. The number of methoxy groups -OCH3 is 2. The Labute approximate surface area is 160 Å². The molecule has 0 aromatic heterocycles. The average molecular weight is 363 g/mol. The first-order valence-corrected chi connectivity index (χ1v) is 9.10. The van der Waals surface area contributed by atoms with Gasteiger partial charge < -0.3 is 14.8 Å². The van der Waals surface area contributed by atoms with Crippen molar-refractivity contribution in [2.45, 2.75) is 13.3 Å². The van der Waals surface area contributed by atoms with Crippen molar-refractivity contribution in [2.75, 3.05) is 20.8 Å². The van der Waals surface area contributed by atoms with Gasteiger partial charge in [-0.3, -0.25) is 4.79 Å². The largest absolute Gasteiger partial charge is 0.493 e. The van der Waals surface area contributed by atoms with Gasteiger partial charge in [0.2, 0.25) is 0 Å². The summed E-state index contributed by atoms with van der Waals surface area (Å²) >= 11 is 0. The van der Waals surface area contributed by atoms with Gasteiger partial charge in [0.1, 0.15) is 0 Å². The van der Waals surface area contributed by atoms with Crippen molar-refractivity contribution in [1.82, 2.24) is 5.32 Å². The van der Waals surface area contributed by atoms with Crippen LogP contribution in [0.5, 0.6) is 11.5 Å². The highest BCUT2D eigenvalue weighted by Gasteiger charge is 2.17. The van der Waals surface area contributed by atoms with Crippen LogP contribution in [0.2, 0.25) is 0 Å². The molecule has 0 heterocycles. The van der Waals surface area contributed by atoms with E-state index in [1.54, 1.807) is 25.3 Å². The van der Waals surface area contributed by atoms with Crippen LogP contribution >= 0.6 is 0 Å². The van der Waals surface area contributed by atoms with Crippen LogP contribution in [0, 0.1) is 5.92 Å². The zero-order valence-corrected chi connectivity index (χ0v) is 16.0. The SMILES string of the molecule is COc1cccc(C(=O)NC[C@@H](C)Cc2cccc3ccccc23)c1OC. The molecule has 0 spiro atoms. The predicted octanol–water partition coefficient (Wildman–Crippen LogP) is 4.47. The third-order valence-corrected chi connectivity index (χ3v) is 4.71. The van der Waals surface area contributed by atoms with Crippen LogP contribution in [0.3, 0.4) is 0 Å². The number of carbonyl (C=O) groups excluding carboxylic acids is 1. The normalized spacial score (nSPS) is 11.8. The van der Waals surface area contributed by atoms with Crippen LogP contribution in [0.1, 0.15) is 22.8 Å². The third kappa shape index (κ3) is 4.22. The molecular formula is C23H25NO3. The Morgan fingerprint density at radius 3 is 2.48 bits per heavy atom. The van der Waals surface area contributed by atoms with Crippen molar-refractivity contribution in [3.63, 3.8) is 0 Å². The van der Waals surface area contributed by atoms with E-state index >= 15 is 0 Å². The molecule has 0 unspecified atom stereocenters. The number of para-hydroxylation sites is 1. The van der Waals surface area contributed by atoms with E-state index in [9.17, 15) is 4.79 Å². The van der Waals surface area contributed by atoms with Crippen molar-refractivity contribution < 1.29 is 14.3 Å². The summed E-state index contributed by atoms with van der Waals surface area (Å²) in [6.45, 7) is 2.73. The molecule has 1 atom stereocenters. The highest BCUT2D eigenvalue weighted by Crippen LogP contribution is 2.30. The van der Waals surface area contributed by atoms with Gasteiger partial charge >= 0.3 is 0 Å². The number of carbonyl (C=O) groups is 1. The predicted molar refractivity (Wildman–Crippen MR) is 109 cm³/mol. The highest BCUT2D eigenvalue weighted by atomic mass is 16.5. The van der Waals surface area contributed by atoms with E-state index in [0.717, 1.165) is 6.42 Å². The Bertz CT molecular complexity index is 931. The van der Waals surface area contributed by atoms with E-state index in [-0.39, 0.29) is 5.91 Å². The van der Waals surface area contributed by atoms with Gasteiger partial charge in [-0.1, -0.05) is 55.5 Å². The molecule has 27 heavy (non-hydrogen) atoms. The lowest BCUT2D eigenvalue weighted by Gasteiger charge is -2.16. The average Bonchev–Trinajstić information content (AvgIpc) is 2.71. The van der Waals surface area contributed by atoms with E-state index in [1.165, 1.54) is 23.4 Å². The third-order valence-electron chi connectivity index (χ3n) is 4.71. The van der Waals surface area contributed by atoms with Crippen molar-refractivity contribution in [3.05, 3.63) is 71.8 Å². The summed E-state index contributed by atoms with van der Waals surface area (Å²) in [5.41, 5.74) is 1.78. The maximum Gasteiger partial charge on any atom is 0.255 e. The fourth-order valence-electron chi connectivity index (χ4n) is 3.35. The molecule has 140 valence electrons. The molecule has 0 radical (unpaired) electrons. The summed E-state index contributed by atoms with van der Waals surface area (Å²) in [7, 11) is 3.10. The van der Waals surface area contributed by atoms with Gasteiger partial charge in [0.25, 0.3) is 5.91 Å². The van der Waals surface area contributed by atoms with Gasteiger partial charge in [0, 0.05) is 6.54 Å². The Hall–Kier alpha value is -3.01. The second kappa shape index (κ2) is 8.58. The standard InChI is InChI=1S/C23H25NO3/c1-16(14-18-10-6-9-17-8-4-5-11-19(17)18)15-24-23(25)20-12-7-13-21(26-2)22(20)27-3/h4-13,16H,14-15H2,1-3H3,(H,24,25)/t16-/m0/s1. The zero-order chi connectivity index (χ0) is 19.2. The van der Waals surface area contributed by atoms with Crippen LogP contribution in [0.4, 0.5) is 0 Å². The minimum atomic E-state index is -0.157. The molecule has 0 saturated carbocycles. The highest BCUT2D eigenvalue weighted by molar-refractivity contribution is 5.97. The lowest BCUT2D eigenvalue weighted by molar-refractivity contribution is 0.0944. The van der Waals surface area contributed by atoms with E-state index in [2.05, 4.69) is 54.7 Å². The fourth-order valence-corrected chi connectivity index (χ4v) is 3.35. The lowest BCUT2D eigenvalue weighted by Crippen LogP contribution is -2.29. The van der Waals surface area contributed by atoms with Gasteiger partial charge in [-0.05, 0) is 40.8 Å². The summed E-state index contributed by atoms with van der Waals surface area (Å²) in [5.74, 6) is 1.15. The van der Waals surface area contributed by atoms with Gasteiger partial charge in [0.15, 0.2) is 11.5 Å². The lowest BCUT2D eigenvalue weighted by atomic mass is 9.96. The number of fused-ring (bicyclic) bond motifs is 1. The number of hydrogen-bond acceptors (Lipinski definition) is 3. The monoisotopic (exact) mass is 363 g/mol. The van der Waals surface area contributed by atoms with Gasteiger partial charge in [0.05, 0.1) is 19.8 Å². The number of amides is 1. The van der Waals surface area contributed by atoms with Crippen molar-refractivity contribution >= 4 is 16.7 Å². The van der Waals surface area contributed by atoms with Gasteiger partial charge in [-0.2, -0.15) is 0 Å². The first-order valence-electron chi connectivity index (χ1n) is 9.10. The number of rotatable bonds is 7. The van der Waals surface area contributed by atoms with Crippen LogP contribution in [-0.2, 0) is 6.42 Å². The maximum absolute atomic E-state index is 12.6. The van der Waals surface area contributed by atoms with E-state index in [4.69, 9.17) is 9.47 Å². The smallest absolute Gasteiger partial charge is 0.255 e. The maximum atomic E-state index is 12.6. The molecule has 4 nitrogen and oxygen atoms in total. The summed E-state index contributed by atoms with van der Waals surface area (Å²) in [6.07, 6.45) is 0.900. The number of nitrogens with one attached hydrogen (secondary N) is 1. The quantitative estimate of drug-likeness (QED) is 0.674. The molecule has 1 amide bonds. The van der Waals surface area contributed by atoms with Crippen molar-refractivity contribution in [3.8, 4) is 11.5 Å². The summed E-state index contributed by atoms with van der Waals surface area (Å²) in [5, 5.41) is 5.53. The van der Waals surface area contributed by atoms with Crippen molar-refractivity contribution in [1.29, 1.82) is 0 Å². The Morgan fingerprint density at radius 1 is 0.963 bits per heavy atom. The fraction of sp³-hybridized carbons (Fsp3) is 0.261. The molecule has 3 aromatic carbocycles. The van der Waals surface area contributed by atoms with Crippen LogP contribution in [-0.4, -0.2) is 26.7 Å². The first-order chi connectivity index (χ1) is 13.1. The second-order valence-electron chi connectivity index (χ2n) is 6.70. The molecule has 3 aromatic rings. The molecule has 0 fully saturated rings. The first kappa shape index (κ1) is 18.8. The van der Waals surface area contributed by atoms with Crippen LogP contribution in [0.25, 0.3) is 10.8 Å². The molecule has 1 N–H and O–H groups in total. The Balaban J connectivity index is 1.67. The molecule has 3 rings (SSSR count). The molecular weight excluding hydrogens is 338 g/mol. The summed E-state index contributed by atoms with van der Waals surface area (Å²) in [6, 6.07) is 20.1. The molecule has 0 bridgehead atoms. The van der Waals surface area contributed by atoms with E-state index in [1.807, 2.05) is 0 Å². The minimum absolute atomic E-state index is 0.157. The molecule has 0 aliphatic carbocycles. The summed E-state index contributed by atoms with van der Waals surface area (Å²) < 4.78 is 10.6. The second-order valence-corrected chi connectivity index (χ2v) is 6.70. The molecule has 0 aliphatic rings. The number of ether oxygens (including phenoxy) is 2. The molecule has 0 aliphatic heterocycles. The topological polar surface area (TPSA) is 47.6 Å². The van der Waals surface area contributed by atoms with Gasteiger partial charge in [-0.15, -0.1) is 0 Å². The van der Waals surface area contributed by atoms with Gasteiger partial charge in [-0.25, -0.2) is 0 Å². The summed E-state index contributed by atoms with van der Waals surface area (Å²) in [4.78, 5) is 12.6. The minimum Gasteiger partial charge on any atom is -0.493 e. The van der Waals surface area contributed by atoms with Crippen LogP contribution in [0.15, 0.2) is 60.7 Å². The number of benzene rings is 3. The van der Waals surface area contributed by atoms with Crippen molar-refractivity contribution in [2.24, 2.45) is 5.92 Å². The van der Waals surface area contributed by atoms with E-state index < -0.39 is 0 Å². The molecule has 4 heteroatoms. The molecule has 0 saturated heterocycles. The number of hydrogen-bond donors (Lipinski definition) is 1. The van der Waals surface area contributed by atoms with E-state index in [0.29, 0.717) is 29.5 Å². The Kier molecular flexibility index (Phi) is 5.97. The van der Waals surface area contributed by atoms with Crippen LogP contribution < -0.4 is 14.8 Å².